The topological polar surface area (TPSA) is 92.7 Å². The number of hydrogen-bond donors (Lipinski definition) is 0. The van der Waals surface area contributed by atoms with E-state index in [1.165, 1.54) is 12.1 Å². The summed E-state index contributed by atoms with van der Waals surface area (Å²) in [5, 5.41) is 11.1. The number of carbonyl (C=O) groups excluding carboxylic acids is 1. The van der Waals surface area contributed by atoms with E-state index in [1.54, 1.807) is 11.0 Å². The van der Waals surface area contributed by atoms with Crippen molar-refractivity contribution in [2.24, 2.45) is 5.92 Å². The molecule has 2 aliphatic rings. The molecule has 1 saturated heterocycles. The summed E-state index contributed by atoms with van der Waals surface area (Å²) < 4.78 is 5.84. The maximum absolute atomic E-state index is 13.1. The molecule has 1 fully saturated rings. The summed E-state index contributed by atoms with van der Waals surface area (Å²) in [6.45, 7) is 1.97. The number of oxazole rings is 1. The maximum atomic E-state index is 13.1. The molecule has 3 aromatic rings. The van der Waals surface area contributed by atoms with Gasteiger partial charge in [-0.2, -0.15) is 4.98 Å². The van der Waals surface area contributed by atoms with Crippen molar-refractivity contribution < 1.29 is 14.1 Å². The molecule has 148 valence electrons. The highest BCUT2D eigenvalue weighted by molar-refractivity contribution is 5.97. The average molecular weight is 392 g/mol. The van der Waals surface area contributed by atoms with Gasteiger partial charge in [-0.05, 0) is 37.0 Å². The van der Waals surface area contributed by atoms with Gasteiger partial charge in [-0.1, -0.05) is 18.2 Å². The minimum Gasteiger partial charge on any atom is -0.423 e. The van der Waals surface area contributed by atoms with Crippen LogP contribution in [0.15, 0.2) is 46.9 Å². The number of aromatic nitrogens is 1. The number of non-ortho nitro benzene ring substituents is 1. The van der Waals surface area contributed by atoms with Gasteiger partial charge in [0.05, 0.1) is 10.6 Å². The van der Waals surface area contributed by atoms with Gasteiger partial charge in [-0.3, -0.25) is 14.9 Å². The molecule has 0 N–H and O–H groups in total. The molecule has 8 nitrogen and oxygen atoms in total. The van der Waals surface area contributed by atoms with Gasteiger partial charge in [0.2, 0.25) is 5.91 Å². The molecular weight excluding hydrogens is 372 g/mol. The van der Waals surface area contributed by atoms with E-state index in [-0.39, 0.29) is 17.5 Å². The number of nitro benzene ring substituents is 1. The van der Waals surface area contributed by atoms with Gasteiger partial charge in [0, 0.05) is 37.7 Å². The minimum atomic E-state index is -0.417. The number of fused-ring (bicyclic) bond motifs is 2. The Balaban J connectivity index is 1.29. The number of nitrogens with zero attached hydrogens (tertiary/aromatic N) is 4. The van der Waals surface area contributed by atoms with Crippen molar-refractivity contribution in [1.82, 2.24) is 4.98 Å². The zero-order valence-electron chi connectivity index (χ0n) is 15.8. The first-order valence-electron chi connectivity index (χ1n) is 9.79. The van der Waals surface area contributed by atoms with Crippen LogP contribution in [0.3, 0.4) is 0 Å². The van der Waals surface area contributed by atoms with Crippen molar-refractivity contribution in [2.45, 2.75) is 19.3 Å². The molecule has 2 aliphatic heterocycles. The summed E-state index contributed by atoms with van der Waals surface area (Å²) in [5.74, 6) is -0.0395. The van der Waals surface area contributed by atoms with E-state index in [2.05, 4.69) is 9.88 Å². The lowest BCUT2D eigenvalue weighted by Gasteiger charge is -2.32. The van der Waals surface area contributed by atoms with Crippen LogP contribution in [0.25, 0.3) is 11.1 Å². The number of nitro groups is 1. The van der Waals surface area contributed by atoms with Crippen LogP contribution in [0, 0.1) is 16.0 Å². The molecule has 29 heavy (non-hydrogen) atoms. The maximum Gasteiger partial charge on any atom is 0.298 e. The summed E-state index contributed by atoms with van der Waals surface area (Å²) in [6.07, 6.45) is 2.15. The number of carbonyl (C=O) groups is 1. The van der Waals surface area contributed by atoms with E-state index in [4.69, 9.17) is 4.42 Å². The van der Waals surface area contributed by atoms with Crippen LogP contribution in [-0.2, 0) is 11.2 Å². The smallest absolute Gasteiger partial charge is 0.298 e. The number of hydrogen-bond acceptors (Lipinski definition) is 6. The molecule has 0 atom stereocenters. The van der Waals surface area contributed by atoms with E-state index < -0.39 is 4.92 Å². The molecule has 2 aromatic carbocycles. The molecule has 0 spiro atoms. The predicted molar refractivity (Wildman–Crippen MR) is 108 cm³/mol. The number of anilines is 2. The Kier molecular flexibility index (Phi) is 4.19. The van der Waals surface area contributed by atoms with Crippen molar-refractivity contribution in [2.75, 3.05) is 29.4 Å². The van der Waals surface area contributed by atoms with Crippen molar-refractivity contribution in [1.29, 1.82) is 0 Å². The first-order valence-corrected chi connectivity index (χ1v) is 9.79. The fraction of sp³-hybridized carbons (Fsp3) is 0.333. The van der Waals surface area contributed by atoms with E-state index in [1.807, 2.05) is 24.3 Å². The fourth-order valence-corrected chi connectivity index (χ4v) is 4.24. The highest BCUT2D eigenvalue weighted by Gasteiger charge is 2.34. The van der Waals surface area contributed by atoms with E-state index in [0.717, 1.165) is 23.1 Å². The third kappa shape index (κ3) is 3.10. The number of amides is 1. The SMILES string of the molecule is O=C(C1CCN(c2nc3ccccc3o2)CC1)N1CCc2ccc([N+](=O)[O-])cc21. The number of rotatable bonds is 3. The minimum absolute atomic E-state index is 0.0224. The average Bonchev–Trinajstić information content (AvgIpc) is 3.37. The second-order valence-corrected chi connectivity index (χ2v) is 7.54. The molecule has 0 saturated carbocycles. The third-order valence-corrected chi connectivity index (χ3v) is 5.84. The first kappa shape index (κ1) is 17.7. The Labute approximate surface area is 166 Å². The summed E-state index contributed by atoms with van der Waals surface area (Å²) in [5.41, 5.74) is 3.29. The Hall–Kier alpha value is -3.42. The summed E-state index contributed by atoms with van der Waals surface area (Å²) in [7, 11) is 0. The third-order valence-electron chi connectivity index (χ3n) is 5.84. The molecular formula is C21H20N4O4. The van der Waals surface area contributed by atoms with Crippen LogP contribution < -0.4 is 9.80 Å². The van der Waals surface area contributed by atoms with Gasteiger partial charge in [-0.15, -0.1) is 0 Å². The van der Waals surface area contributed by atoms with Crippen LogP contribution >= 0.6 is 0 Å². The molecule has 1 amide bonds. The second-order valence-electron chi connectivity index (χ2n) is 7.54. The Morgan fingerprint density at radius 1 is 1.14 bits per heavy atom. The number of para-hydroxylation sites is 2. The van der Waals surface area contributed by atoms with Crippen molar-refractivity contribution in [3.8, 4) is 0 Å². The fourth-order valence-electron chi connectivity index (χ4n) is 4.24. The Morgan fingerprint density at radius 3 is 2.69 bits per heavy atom. The predicted octanol–water partition coefficient (Wildman–Crippen LogP) is 3.54. The highest BCUT2D eigenvalue weighted by Crippen LogP contribution is 2.34. The van der Waals surface area contributed by atoms with Gasteiger partial charge in [0.1, 0.15) is 5.52 Å². The first-order chi connectivity index (χ1) is 14.1. The van der Waals surface area contributed by atoms with Crippen LogP contribution in [0.5, 0.6) is 0 Å². The lowest BCUT2D eigenvalue weighted by atomic mass is 9.95. The molecule has 3 heterocycles. The molecule has 0 bridgehead atoms. The van der Waals surface area contributed by atoms with Gasteiger partial charge in [-0.25, -0.2) is 0 Å². The standard InChI is InChI=1S/C21H20N4O4/c26-20(24-12-9-14-5-6-16(25(27)28)13-18(14)24)15-7-10-23(11-8-15)21-22-17-3-1-2-4-19(17)29-21/h1-6,13,15H,7-12H2. The monoisotopic (exact) mass is 392 g/mol. The number of benzene rings is 2. The normalized spacial score (nSPS) is 17.0. The summed E-state index contributed by atoms with van der Waals surface area (Å²) in [4.78, 5) is 32.1. The molecule has 1 aromatic heterocycles. The molecule has 5 rings (SSSR count). The van der Waals surface area contributed by atoms with Gasteiger partial charge in [0.15, 0.2) is 5.58 Å². The molecule has 0 radical (unpaired) electrons. The summed E-state index contributed by atoms with van der Waals surface area (Å²) in [6, 6.07) is 13.0. The Bertz CT molecular complexity index is 1070. The van der Waals surface area contributed by atoms with E-state index >= 15 is 0 Å². The van der Waals surface area contributed by atoms with Crippen LogP contribution in [0.1, 0.15) is 18.4 Å². The zero-order valence-corrected chi connectivity index (χ0v) is 15.8. The lowest BCUT2D eigenvalue weighted by Crippen LogP contribution is -2.42. The second kappa shape index (κ2) is 6.88. The largest absolute Gasteiger partial charge is 0.423 e. The van der Waals surface area contributed by atoms with Gasteiger partial charge in [0.25, 0.3) is 11.7 Å². The lowest BCUT2D eigenvalue weighted by molar-refractivity contribution is -0.384. The van der Waals surface area contributed by atoms with Crippen LogP contribution in [0.2, 0.25) is 0 Å². The molecule has 0 unspecified atom stereocenters. The van der Waals surface area contributed by atoms with Gasteiger partial charge < -0.3 is 14.2 Å². The van der Waals surface area contributed by atoms with E-state index in [0.29, 0.717) is 44.2 Å². The highest BCUT2D eigenvalue weighted by atomic mass is 16.6. The van der Waals surface area contributed by atoms with Crippen molar-refractivity contribution >= 4 is 34.4 Å². The zero-order chi connectivity index (χ0) is 20.0. The number of piperidine rings is 1. The van der Waals surface area contributed by atoms with E-state index in [9.17, 15) is 14.9 Å². The van der Waals surface area contributed by atoms with Crippen LogP contribution in [0.4, 0.5) is 17.4 Å². The van der Waals surface area contributed by atoms with Crippen molar-refractivity contribution in [3.63, 3.8) is 0 Å². The van der Waals surface area contributed by atoms with Crippen LogP contribution in [-0.4, -0.2) is 35.4 Å². The quantitative estimate of drug-likeness (QED) is 0.500. The Morgan fingerprint density at radius 2 is 1.93 bits per heavy atom. The summed E-state index contributed by atoms with van der Waals surface area (Å²) >= 11 is 0. The van der Waals surface area contributed by atoms with Gasteiger partial charge >= 0.3 is 0 Å². The molecule has 0 aliphatic carbocycles. The van der Waals surface area contributed by atoms with Crippen molar-refractivity contribution in [3.05, 3.63) is 58.1 Å². The molecule has 8 heteroatoms.